The van der Waals surface area contributed by atoms with Gasteiger partial charge in [0.05, 0.1) is 0 Å². The Bertz CT molecular complexity index is 214. The van der Waals surface area contributed by atoms with Gasteiger partial charge in [0.1, 0.15) is 17.6 Å². The summed E-state index contributed by atoms with van der Waals surface area (Å²) in [5.41, 5.74) is 0.836. The van der Waals surface area contributed by atoms with Crippen LogP contribution in [0.2, 0.25) is 0 Å². The largest absolute Gasteiger partial charge is 0.451 e. The molecule has 1 saturated carbocycles. The third-order valence-corrected chi connectivity index (χ3v) is 1.99. The molecular weight excluding hydrogens is 130 g/mol. The standard InChI is InChI=1S/C7H9NO2/c1-9-7(2-3-7)6-4-10-5-8-6/h4-5H,2-3H2,1H3. The second kappa shape index (κ2) is 1.83. The average molecular weight is 139 g/mol. The lowest BCUT2D eigenvalue weighted by molar-refractivity contribution is 0.0751. The smallest absolute Gasteiger partial charge is 0.180 e. The van der Waals surface area contributed by atoms with Gasteiger partial charge in [0.15, 0.2) is 6.39 Å². The first-order chi connectivity index (χ1) is 4.87. The second-order valence-corrected chi connectivity index (χ2v) is 2.57. The van der Waals surface area contributed by atoms with Crippen molar-refractivity contribution >= 4 is 0 Å². The topological polar surface area (TPSA) is 35.3 Å². The molecule has 1 aromatic rings. The SMILES string of the molecule is COC1(c2cocn2)CC1. The molecule has 1 aliphatic rings. The van der Waals surface area contributed by atoms with Crippen LogP contribution < -0.4 is 0 Å². The van der Waals surface area contributed by atoms with Crippen molar-refractivity contribution in [2.45, 2.75) is 18.4 Å². The lowest BCUT2D eigenvalue weighted by Gasteiger charge is -2.07. The Balaban J connectivity index is 2.27. The number of hydrogen-bond donors (Lipinski definition) is 0. The highest BCUT2D eigenvalue weighted by Gasteiger charge is 2.46. The Morgan fingerprint density at radius 3 is 2.90 bits per heavy atom. The van der Waals surface area contributed by atoms with Gasteiger partial charge in [-0.05, 0) is 12.8 Å². The first-order valence-electron chi connectivity index (χ1n) is 3.31. The molecule has 0 N–H and O–H groups in total. The molecule has 10 heavy (non-hydrogen) atoms. The molecule has 0 aromatic carbocycles. The fourth-order valence-corrected chi connectivity index (χ4v) is 1.12. The molecule has 0 amide bonds. The molecule has 0 saturated heterocycles. The number of hydrogen-bond acceptors (Lipinski definition) is 3. The van der Waals surface area contributed by atoms with Gasteiger partial charge in [-0.1, -0.05) is 0 Å². The highest BCUT2D eigenvalue weighted by Crippen LogP contribution is 2.47. The van der Waals surface area contributed by atoms with Crippen LogP contribution in [0.4, 0.5) is 0 Å². The van der Waals surface area contributed by atoms with E-state index < -0.39 is 0 Å². The van der Waals surface area contributed by atoms with Crippen LogP contribution in [0.1, 0.15) is 18.5 Å². The first-order valence-corrected chi connectivity index (χ1v) is 3.31. The number of oxazole rings is 1. The molecular formula is C7H9NO2. The molecule has 1 aromatic heterocycles. The number of rotatable bonds is 2. The van der Waals surface area contributed by atoms with Gasteiger partial charge >= 0.3 is 0 Å². The molecule has 0 spiro atoms. The van der Waals surface area contributed by atoms with Gasteiger partial charge in [-0.3, -0.25) is 0 Å². The summed E-state index contributed by atoms with van der Waals surface area (Å²) in [5, 5.41) is 0. The van der Waals surface area contributed by atoms with E-state index in [0.717, 1.165) is 18.5 Å². The summed E-state index contributed by atoms with van der Waals surface area (Å²) in [7, 11) is 1.71. The fourth-order valence-electron chi connectivity index (χ4n) is 1.12. The van der Waals surface area contributed by atoms with Crippen LogP contribution in [0.5, 0.6) is 0 Å². The van der Waals surface area contributed by atoms with E-state index in [1.807, 2.05) is 0 Å². The van der Waals surface area contributed by atoms with Gasteiger partial charge in [-0.25, -0.2) is 4.98 Å². The lowest BCUT2D eigenvalue weighted by atomic mass is 10.2. The first kappa shape index (κ1) is 5.92. The van der Waals surface area contributed by atoms with Crippen LogP contribution in [-0.4, -0.2) is 12.1 Å². The van der Waals surface area contributed by atoms with Crippen LogP contribution in [-0.2, 0) is 10.3 Å². The van der Waals surface area contributed by atoms with E-state index in [1.165, 1.54) is 6.39 Å². The Labute approximate surface area is 59.0 Å². The summed E-state index contributed by atoms with van der Waals surface area (Å²) >= 11 is 0. The molecule has 3 nitrogen and oxygen atoms in total. The Morgan fingerprint density at radius 2 is 2.50 bits per heavy atom. The average Bonchev–Trinajstić information content (AvgIpc) is 2.58. The second-order valence-electron chi connectivity index (χ2n) is 2.57. The minimum atomic E-state index is -0.0903. The quantitative estimate of drug-likeness (QED) is 0.619. The van der Waals surface area contributed by atoms with Crippen LogP contribution in [0.25, 0.3) is 0 Å². The number of ether oxygens (including phenoxy) is 1. The van der Waals surface area contributed by atoms with Gasteiger partial charge in [-0.2, -0.15) is 0 Å². The molecule has 1 fully saturated rings. The van der Waals surface area contributed by atoms with Gasteiger partial charge in [-0.15, -0.1) is 0 Å². The van der Waals surface area contributed by atoms with Crippen molar-refractivity contribution in [3.63, 3.8) is 0 Å². The van der Waals surface area contributed by atoms with E-state index in [4.69, 9.17) is 9.15 Å². The monoisotopic (exact) mass is 139 g/mol. The third-order valence-electron chi connectivity index (χ3n) is 1.99. The van der Waals surface area contributed by atoms with Crippen molar-refractivity contribution in [1.82, 2.24) is 4.98 Å². The molecule has 2 rings (SSSR count). The zero-order valence-corrected chi connectivity index (χ0v) is 5.83. The van der Waals surface area contributed by atoms with Crippen LogP contribution in [0.3, 0.4) is 0 Å². The van der Waals surface area contributed by atoms with E-state index in [2.05, 4.69) is 4.98 Å². The maximum Gasteiger partial charge on any atom is 0.180 e. The van der Waals surface area contributed by atoms with E-state index in [-0.39, 0.29) is 5.60 Å². The van der Waals surface area contributed by atoms with Crippen molar-refractivity contribution in [3.05, 3.63) is 18.4 Å². The maximum atomic E-state index is 5.27. The Kier molecular flexibility index (Phi) is 1.08. The summed E-state index contributed by atoms with van der Waals surface area (Å²) < 4.78 is 10.1. The normalized spacial score (nSPS) is 20.9. The van der Waals surface area contributed by atoms with Crippen molar-refractivity contribution < 1.29 is 9.15 Å². The van der Waals surface area contributed by atoms with Gasteiger partial charge in [0, 0.05) is 7.11 Å². The van der Waals surface area contributed by atoms with Crippen molar-refractivity contribution in [1.29, 1.82) is 0 Å². The molecule has 3 heteroatoms. The summed E-state index contributed by atoms with van der Waals surface area (Å²) in [6.45, 7) is 0. The summed E-state index contributed by atoms with van der Waals surface area (Å²) in [6.07, 6.45) is 5.22. The number of methoxy groups -OCH3 is 1. The van der Waals surface area contributed by atoms with Crippen LogP contribution in [0.15, 0.2) is 17.1 Å². The highest BCUT2D eigenvalue weighted by molar-refractivity contribution is 5.15. The van der Waals surface area contributed by atoms with Gasteiger partial charge < -0.3 is 9.15 Å². The van der Waals surface area contributed by atoms with Gasteiger partial charge in [0.25, 0.3) is 0 Å². The van der Waals surface area contributed by atoms with Crippen LogP contribution >= 0.6 is 0 Å². The zero-order valence-electron chi connectivity index (χ0n) is 5.83. The Morgan fingerprint density at radius 1 is 1.70 bits per heavy atom. The molecule has 0 atom stereocenters. The Hall–Kier alpha value is -0.830. The third kappa shape index (κ3) is 0.671. The molecule has 0 bridgehead atoms. The lowest BCUT2D eigenvalue weighted by Crippen LogP contribution is -2.08. The van der Waals surface area contributed by atoms with Crippen molar-refractivity contribution in [2.75, 3.05) is 7.11 Å². The number of aromatic nitrogens is 1. The zero-order chi connectivity index (χ0) is 7.03. The fraction of sp³-hybridized carbons (Fsp3) is 0.571. The number of nitrogens with zero attached hydrogens (tertiary/aromatic N) is 1. The molecule has 1 aliphatic carbocycles. The molecule has 54 valence electrons. The molecule has 1 heterocycles. The van der Waals surface area contributed by atoms with E-state index in [1.54, 1.807) is 13.4 Å². The molecule has 0 unspecified atom stereocenters. The predicted molar refractivity (Wildman–Crippen MR) is 34.4 cm³/mol. The predicted octanol–water partition coefficient (Wildman–Crippen LogP) is 1.31. The van der Waals surface area contributed by atoms with Crippen molar-refractivity contribution in [3.8, 4) is 0 Å². The highest BCUT2D eigenvalue weighted by atomic mass is 16.5. The summed E-state index contributed by atoms with van der Waals surface area (Å²) in [6, 6.07) is 0. The molecule has 0 radical (unpaired) electrons. The van der Waals surface area contributed by atoms with E-state index in [0.29, 0.717) is 0 Å². The minimum absolute atomic E-state index is 0.0903. The van der Waals surface area contributed by atoms with E-state index in [9.17, 15) is 0 Å². The maximum absolute atomic E-state index is 5.27. The van der Waals surface area contributed by atoms with Crippen LogP contribution in [0, 0.1) is 0 Å². The summed E-state index contributed by atoms with van der Waals surface area (Å²) in [5.74, 6) is 0. The van der Waals surface area contributed by atoms with Gasteiger partial charge in [0.2, 0.25) is 0 Å². The van der Waals surface area contributed by atoms with Crippen molar-refractivity contribution in [2.24, 2.45) is 0 Å². The summed E-state index contributed by atoms with van der Waals surface area (Å²) in [4.78, 5) is 4.03. The minimum Gasteiger partial charge on any atom is -0.451 e. The molecule has 0 aliphatic heterocycles. The van der Waals surface area contributed by atoms with E-state index >= 15 is 0 Å².